The van der Waals surface area contributed by atoms with E-state index in [1.165, 1.54) is 6.42 Å². The van der Waals surface area contributed by atoms with Gasteiger partial charge in [0.05, 0.1) is 7.11 Å². The lowest BCUT2D eigenvalue weighted by Crippen LogP contribution is -2.39. The Balaban J connectivity index is 1.57. The fourth-order valence-electron chi connectivity index (χ4n) is 3.17. The first kappa shape index (κ1) is 18.3. The molecule has 0 radical (unpaired) electrons. The number of rotatable bonds is 7. The molecular weight excluding hydrogens is 334 g/mol. The maximum Gasteiger partial charge on any atom is 0.275 e. The Kier molecular flexibility index (Phi) is 5.78. The number of carbonyl (C=O) groups is 1. The summed E-state index contributed by atoms with van der Waals surface area (Å²) in [5, 5.41) is 3.89. The van der Waals surface area contributed by atoms with Gasteiger partial charge in [-0.3, -0.25) is 4.79 Å². The average Bonchev–Trinajstić information content (AvgIpc) is 3.29. The van der Waals surface area contributed by atoms with Crippen molar-refractivity contribution in [2.45, 2.75) is 25.5 Å². The molecule has 0 unspecified atom stereocenters. The van der Waals surface area contributed by atoms with E-state index in [9.17, 15) is 4.79 Å². The van der Waals surface area contributed by atoms with E-state index in [2.05, 4.69) is 17.1 Å². The Bertz CT molecular complexity index is 746. The van der Waals surface area contributed by atoms with Gasteiger partial charge in [0.2, 0.25) is 0 Å². The third-order valence-corrected chi connectivity index (χ3v) is 4.72. The average molecular weight is 359 g/mol. The van der Waals surface area contributed by atoms with Crippen LogP contribution in [-0.2, 0) is 6.61 Å². The maximum absolute atomic E-state index is 12.6. The van der Waals surface area contributed by atoms with E-state index >= 15 is 0 Å². The highest BCUT2D eigenvalue weighted by atomic mass is 16.5. The normalized spacial score (nSPS) is 17.3. The van der Waals surface area contributed by atoms with E-state index in [1.54, 1.807) is 25.1 Å². The first-order valence-corrected chi connectivity index (χ1v) is 8.75. The van der Waals surface area contributed by atoms with E-state index in [1.807, 2.05) is 24.3 Å². The minimum absolute atomic E-state index is 0.141. The molecule has 7 nitrogen and oxygen atoms in total. The summed E-state index contributed by atoms with van der Waals surface area (Å²) in [6.45, 7) is 1.95. The molecule has 1 amide bonds. The first-order valence-electron chi connectivity index (χ1n) is 8.75. The van der Waals surface area contributed by atoms with Crippen LogP contribution in [-0.4, -0.2) is 61.2 Å². The maximum atomic E-state index is 12.6. The summed E-state index contributed by atoms with van der Waals surface area (Å²) in [7, 11) is 5.48. The van der Waals surface area contributed by atoms with Crippen LogP contribution in [0.3, 0.4) is 0 Å². The molecule has 1 atom stereocenters. The highest BCUT2D eigenvalue weighted by molar-refractivity contribution is 5.92. The second-order valence-electron chi connectivity index (χ2n) is 6.58. The van der Waals surface area contributed by atoms with Gasteiger partial charge in [0.15, 0.2) is 23.0 Å². The fourth-order valence-corrected chi connectivity index (χ4v) is 3.17. The highest BCUT2D eigenvalue weighted by Crippen LogP contribution is 2.26. The number of methoxy groups -OCH3 is 1. The largest absolute Gasteiger partial charge is 0.493 e. The highest BCUT2D eigenvalue weighted by Gasteiger charge is 2.25. The predicted octanol–water partition coefficient (Wildman–Crippen LogP) is 2.43. The van der Waals surface area contributed by atoms with Gasteiger partial charge in [-0.25, -0.2) is 0 Å². The Labute approximate surface area is 153 Å². The van der Waals surface area contributed by atoms with E-state index in [0.717, 1.165) is 13.0 Å². The van der Waals surface area contributed by atoms with Crippen LogP contribution < -0.4 is 9.47 Å². The molecule has 1 aromatic carbocycles. The van der Waals surface area contributed by atoms with Crippen molar-refractivity contribution in [3.05, 3.63) is 41.8 Å². The summed E-state index contributed by atoms with van der Waals surface area (Å²) in [4.78, 5) is 16.5. The molecule has 2 aromatic rings. The molecule has 0 N–H and O–H groups in total. The summed E-state index contributed by atoms with van der Waals surface area (Å²) in [5.74, 6) is 1.60. The molecular formula is C19H25N3O4. The van der Waals surface area contributed by atoms with Crippen molar-refractivity contribution in [3.63, 3.8) is 0 Å². The monoisotopic (exact) mass is 359 g/mol. The van der Waals surface area contributed by atoms with Gasteiger partial charge >= 0.3 is 0 Å². The predicted molar refractivity (Wildman–Crippen MR) is 96.4 cm³/mol. The van der Waals surface area contributed by atoms with Crippen molar-refractivity contribution in [3.8, 4) is 11.5 Å². The lowest BCUT2D eigenvalue weighted by Gasteiger charge is -2.25. The molecule has 7 heteroatoms. The molecule has 1 aliphatic heterocycles. The zero-order chi connectivity index (χ0) is 18.5. The molecule has 1 fully saturated rings. The smallest absolute Gasteiger partial charge is 0.275 e. The Morgan fingerprint density at radius 1 is 1.38 bits per heavy atom. The van der Waals surface area contributed by atoms with Crippen molar-refractivity contribution < 1.29 is 18.8 Å². The van der Waals surface area contributed by atoms with Gasteiger partial charge in [0.1, 0.15) is 6.61 Å². The zero-order valence-electron chi connectivity index (χ0n) is 15.5. The molecule has 0 spiro atoms. The molecule has 0 bridgehead atoms. The van der Waals surface area contributed by atoms with Crippen molar-refractivity contribution in [2.24, 2.45) is 0 Å². The van der Waals surface area contributed by atoms with Gasteiger partial charge in [0, 0.05) is 25.7 Å². The van der Waals surface area contributed by atoms with E-state index < -0.39 is 0 Å². The van der Waals surface area contributed by atoms with Crippen LogP contribution in [0.2, 0.25) is 0 Å². The Morgan fingerprint density at radius 2 is 2.15 bits per heavy atom. The number of amides is 1. The van der Waals surface area contributed by atoms with Crippen molar-refractivity contribution in [2.75, 3.05) is 34.3 Å². The van der Waals surface area contributed by atoms with Crippen LogP contribution in [0.25, 0.3) is 0 Å². The minimum atomic E-state index is -0.141. The molecule has 3 rings (SSSR count). The van der Waals surface area contributed by atoms with Crippen LogP contribution in [0.15, 0.2) is 34.9 Å². The summed E-state index contributed by atoms with van der Waals surface area (Å²) in [6, 6.07) is 9.40. The van der Waals surface area contributed by atoms with Crippen LogP contribution in [0.1, 0.15) is 29.1 Å². The number of benzene rings is 1. The Morgan fingerprint density at radius 3 is 2.85 bits per heavy atom. The van der Waals surface area contributed by atoms with Crippen LogP contribution in [0.4, 0.5) is 0 Å². The lowest BCUT2D eigenvalue weighted by molar-refractivity contribution is 0.0751. The number of ether oxygens (including phenoxy) is 2. The number of hydrogen-bond donors (Lipinski definition) is 0. The molecule has 1 saturated heterocycles. The van der Waals surface area contributed by atoms with Gasteiger partial charge in [-0.2, -0.15) is 0 Å². The number of likely N-dealkylation sites (tertiary alicyclic amines) is 1. The summed E-state index contributed by atoms with van der Waals surface area (Å²) >= 11 is 0. The zero-order valence-corrected chi connectivity index (χ0v) is 15.5. The van der Waals surface area contributed by atoms with Gasteiger partial charge in [0.25, 0.3) is 5.91 Å². The third kappa shape index (κ3) is 4.16. The number of carbonyl (C=O) groups excluding carboxylic acids is 1. The van der Waals surface area contributed by atoms with Crippen LogP contribution in [0.5, 0.6) is 11.5 Å². The molecule has 26 heavy (non-hydrogen) atoms. The van der Waals surface area contributed by atoms with Crippen LogP contribution in [0, 0.1) is 0 Å². The van der Waals surface area contributed by atoms with Gasteiger partial charge in [-0.05, 0) is 38.6 Å². The van der Waals surface area contributed by atoms with Crippen molar-refractivity contribution in [1.82, 2.24) is 15.0 Å². The molecule has 0 aliphatic carbocycles. The van der Waals surface area contributed by atoms with E-state index in [-0.39, 0.29) is 12.5 Å². The topological polar surface area (TPSA) is 68.0 Å². The molecule has 2 heterocycles. The van der Waals surface area contributed by atoms with E-state index in [0.29, 0.717) is 35.5 Å². The SMILES string of the molecule is COc1ccccc1OCc1cc(C(=O)N(C)C[C@H]2CCCN2C)no1. The van der Waals surface area contributed by atoms with E-state index in [4.69, 9.17) is 14.0 Å². The third-order valence-electron chi connectivity index (χ3n) is 4.72. The molecule has 1 aliphatic rings. The number of para-hydroxylation sites is 2. The second kappa shape index (κ2) is 8.23. The molecule has 1 aromatic heterocycles. The lowest BCUT2D eigenvalue weighted by atomic mass is 10.2. The van der Waals surface area contributed by atoms with Gasteiger partial charge < -0.3 is 23.8 Å². The Hall–Kier alpha value is -2.54. The number of aromatic nitrogens is 1. The summed E-state index contributed by atoms with van der Waals surface area (Å²) in [5.41, 5.74) is 0.298. The standard InChI is InChI=1S/C19H25N3O4/c1-21-10-6-7-14(21)12-22(2)19(23)16-11-15(26-20-16)13-25-18-9-5-4-8-17(18)24-3/h4-5,8-9,11,14H,6-7,10,12-13H2,1-3H3/t14-/m1/s1. The fraction of sp³-hybridized carbons (Fsp3) is 0.474. The quantitative estimate of drug-likeness (QED) is 0.756. The van der Waals surface area contributed by atoms with Crippen molar-refractivity contribution >= 4 is 5.91 Å². The molecule has 140 valence electrons. The number of hydrogen-bond acceptors (Lipinski definition) is 6. The second-order valence-corrected chi connectivity index (χ2v) is 6.58. The summed E-state index contributed by atoms with van der Waals surface area (Å²) in [6.07, 6.45) is 2.29. The molecule has 0 saturated carbocycles. The first-order chi connectivity index (χ1) is 12.6. The van der Waals surface area contributed by atoms with Gasteiger partial charge in [-0.1, -0.05) is 17.3 Å². The van der Waals surface area contributed by atoms with Crippen molar-refractivity contribution in [1.29, 1.82) is 0 Å². The minimum Gasteiger partial charge on any atom is -0.493 e. The van der Waals surface area contributed by atoms with Crippen LogP contribution >= 0.6 is 0 Å². The number of likely N-dealkylation sites (N-methyl/N-ethyl adjacent to an activating group) is 2. The number of nitrogens with zero attached hydrogens (tertiary/aromatic N) is 3. The summed E-state index contributed by atoms with van der Waals surface area (Å²) < 4.78 is 16.2. The van der Waals surface area contributed by atoms with Gasteiger partial charge in [-0.15, -0.1) is 0 Å².